The average Bonchev–Trinajstić information content (AvgIpc) is 3.51. The molecule has 4 nitrogen and oxygen atoms in total. The first kappa shape index (κ1) is 59.7. The first-order chi connectivity index (χ1) is 36.8. The van der Waals surface area contributed by atoms with Gasteiger partial charge in [0, 0.05) is 69.6 Å². The van der Waals surface area contributed by atoms with Gasteiger partial charge in [-0.1, -0.05) is 52.0 Å². The molecule has 0 N–H and O–H groups in total. The third-order valence-electron chi connectivity index (χ3n) is 25.3. The lowest BCUT2D eigenvalue weighted by Gasteiger charge is -2.66. The number of rotatable bonds is 4. The molecule has 4 aromatic rings. The number of piperidine rings is 8. The van der Waals surface area contributed by atoms with Crippen LogP contribution in [0.15, 0.2) is 48.5 Å². The minimum absolute atomic E-state index is 0.335. The van der Waals surface area contributed by atoms with E-state index in [0.29, 0.717) is 57.0 Å². The minimum atomic E-state index is 0.335. The summed E-state index contributed by atoms with van der Waals surface area (Å²) in [7, 11) is 0. The van der Waals surface area contributed by atoms with Gasteiger partial charge in [-0.3, -0.25) is 0 Å². The fourth-order valence-electron chi connectivity index (χ4n) is 18.5. The van der Waals surface area contributed by atoms with Gasteiger partial charge in [-0.15, -0.1) is 0 Å². The molecule has 8 bridgehead atoms. The summed E-state index contributed by atoms with van der Waals surface area (Å²) in [4.78, 5) is 11.1. The minimum Gasteiger partial charge on any atom is -0.365 e. The molecule has 4 aliphatic carbocycles. The zero-order chi connectivity index (χ0) is 57.9. The van der Waals surface area contributed by atoms with Crippen LogP contribution in [0.5, 0.6) is 0 Å². The predicted octanol–water partition coefficient (Wildman–Crippen LogP) is 20.1. The highest BCUT2D eigenvalue weighted by Gasteiger charge is 2.57. The van der Waals surface area contributed by atoms with E-state index in [-0.39, 0.29) is 0 Å². The van der Waals surface area contributed by atoms with Crippen molar-refractivity contribution >= 4 is 22.7 Å². The van der Waals surface area contributed by atoms with Crippen molar-refractivity contribution in [3.05, 3.63) is 115 Å². The van der Waals surface area contributed by atoms with Gasteiger partial charge in [0.25, 0.3) is 0 Å². The molecule has 0 aromatic heterocycles. The van der Waals surface area contributed by atoms with Crippen LogP contribution in [0.1, 0.15) is 239 Å². The van der Waals surface area contributed by atoms with Crippen LogP contribution in [-0.2, 0) is 0 Å². The van der Waals surface area contributed by atoms with Crippen molar-refractivity contribution in [2.24, 2.45) is 28.1 Å². The average molecular weight is 1070 g/mol. The van der Waals surface area contributed by atoms with Gasteiger partial charge in [0.05, 0.1) is 0 Å². The number of benzene rings is 4. The van der Waals surface area contributed by atoms with Crippen LogP contribution >= 0.6 is 0 Å². The van der Waals surface area contributed by atoms with Gasteiger partial charge in [0.15, 0.2) is 0 Å². The number of anilines is 4. The van der Waals surface area contributed by atoms with E-state index in [9.17, 15) is 0 Å². The molecule has 4 heteroatoms. The van der Waals surface area contributed by atoms with Crippen molar-refractivity contribution in [2.45, 2.75) is 302 Å². The largest absolute Gasteiger partial charge is 0.365 e. The Morgan fingerprint density at radius 3 is 1.15 bits per heavy atom. The molecule has 4 saturated carbocycles. The molecule has 0 radical (unpaired) electrons. The van der Waals surface area contributed by atoms with E-state index >= 15 is 0 Å². The summed E-state index contributed by atoms with van der Waals surface area (Å²) in [6.45, 7) is 54.4. The normalized spacial score (nSPS) is 35.9. The fourth-order valence-corrected chi connectivity index (χ4v) is 18.5. The van der Waals surface area contributed by atoms with Crippen LogP contribution in [0, 0.1) is 111 Å². The lowest BCUT2D eigenvalue weighted by atomic mass is 9.54. The number of hydrogen-bond donors (Lipinski definition) is 0. The molecule has 434 valence electrons. The van der Waals surface area contributed by atoms with Crippen LogP contribution in [0.2, 0.25) is 0 Å². The molecule has 0 amide bonds. The van der Waals surface area contributed by atoms with E-state index in [1.807, 2.05) is 0 Å². The molecule has 12 fully saturated rings. The van der Waals surface area contributed by atoms with E-state index in [0.717, 1.165) is 17.9 Å². The van der Waals surface area contributed by atoms with Gasteiger partial charge in [-0.25, -0.2) is 0 Å². The Labute approximate surface area is 485 Å². The second kappa shape index (κ2) is 21.4. The van der Waals surface area contributed by atoms with Gasteiger partial charge in [0.2, 0.25) is 0 Å². The number of hydrogen-bond acceptors (Lipinski definition) is 4. The Bertz CT molecular complexity index is 2880. The first-order valence-electron chi connectivity index (χ1n) is 32.3. The Morgan fingerprint density at radius 2 is 0.722 bits per heavy atom. The Balaban J connectivity index is 0.000000128. The topological polar surface area (TPSA) is 13.0 Å². The van der Waals surface area contributed by atoms with E-state index < -0.39 is 0 Å². The lowest BCUT2D eigenvalue weighted by Crippen LogP contribution is -2.68. The van der Waals surface area contributed by atoms with Gasteiger partial charge in [-0.05, 0) is 347 Å². The molecular weight excluding hydrogens is 957 g/mol. The monoisotopic (exact) mass is 1070 g/mol. The van der Waals surface area contributed by atoms with Crippen molar-refractivity contribution in [3.8, 4) is 0 Å². The maximum atomic E-state index is 2.78. The Hall–Kier alpha value is -3.92. The van der Waals surface area contributed by atoms with Crippen LogP contribution in [0.25, 0.3) is 0 Å². The maximum absolute atomic E-state index is 2.78. The van der Waals surface area contributed by atoms with E-state index in [1.165, 1.54) is 186 Å². The maximum Gasteiger partial charge on any atom is 0.0408 e. The Kier molecular flexibility index (Phi) is 16.1. The summed E-state index contributed by atoms with van der Waals surface area (Å²) >= 11 is 0. The summed E-state index contributed by atoms with van der Waals surface area (Å²) in [5, 5.41) is 0. The van der Waals surface area contributed by atoms with Gasteiger partial charge >= 0.3 is 0 Å². The molecular formula is C75H114N4. The predicted molar refractivity (Wildman–Crippen MR) is 346 cm³/mol. The summed E-state index contributed by atoms with van der Waals surface area (Å²) in [6, 6.07) is 22.3. The highest BCUT2D eigenvalue weighted by atomic mass is 15.3. The molecule has 16 rings (SSSR count). The van der Waals surface area contributed by atoms with Crippen molar-refractivity contribution in [3.63, 3.8) is 0 Å². The molecule has 8 heterocycles. The summed E-state index contributed by atoms with van der Waals surface area (Å²) in [6.07, 6.45) is 20.7. The molecule has 8 aliphatic heterocycles. The molecule has 0 spiro atoms. The van der Waals surface area contributed by atoms with Crippen molar-refractivity contribution in [1.29, 1.82) is 0 Å². The first-order valence-corrected chi connectivity index (χ1v) is 32.3. The summed E-state index contributed by atoms with van der Waals surface area (Å²) < 4.78 is 0. The number of nitrogens with zero attached hydrogens (tertiary/aromatic N) is 4. The third kappa shape index (κ3) is 10.4. The molecule has 8 saturated heterocycles. The standard InChI is InChI=1S/C20H31N.C19H29N.2C18H27N/c1-13-10-14(2)16(4)18(11-13)21-17(5)20(7)9-8-19(21,6)12-15(20)3;1-13-11-14(2)15(3)17(12-13)20-16(4)18(5)7-9-19(20,6)10-8-18;1-12-10-13(2)14(3)17(11-12)19-15(4)18(5)8-6-16(19)7-9-18;1-12-10-13(2)14(3)17(11-12)19-15(4)16-6-8-18(19,5)9-7-16/h10-11,15,17H,8-9,12H2,1-7H3;11-12,16H,7-10H2,1-6H3;2*10-11,15-16H,6-9H2,1-5H3. The Morgan fingerprint density at radius 1 is 0.354 bits per heavy atom. The second-order valence-corrected chi connectivity index (χ2v) is 30.7. The third-order valence-corrected chi connectivity index (χ3v) is 25.3. The zero-order valence-corrected chi connectivity index (χ0v) is 55.1. The SMILES string of the molecule is Cc1cc(C)c(C)c(N2C(C)C3(C)CCC2(C)CC3)c1.Cc1cc(C)c(C)c(N2C(C)C3(C)CCC2(C)CC3C)c1.Cc1cc(C)c(C)c(N2C(C)C3CCC2(C)CC3)c1.Cc1cc(C)c(C)c(N2C3CCC(C)(CC3)C2C)c1. The van der Waals surface area contributed by atoms with Gasteiger partial charge in [0.1, 0.15) is 0 Å². The van der Waals surface area contributed by atoms with Crippen LogP contribution in [0.4, 0.5) is 22.7 Å². The fraction of sp³-hybridized carbons (Fsp3) is 0.680. The quantitative estimate of drug-likeness (QED) is 0.202. The van der Waals surface area contributed by atoms with E-state index in [1.54, 1.807) is 0 Å². The molecule has 4 aromatic carbocycles. The highest BCUT2D eigenvalue weighted by molar-refractivity contribution is 5.65. The molecule has 7 unspecified atom stereocenters. The van der Waals surface area contributed by atoms with E-state index in [4.69, 9.17) is 0 Å². The highest BCUT2D eigenvalue weighted by Crippen LogP contribution is 2.59. The van der Waals surface area contributed by atoms with Crippen LogP contribution in [-0.4, -0.2) is 46.8 Å². The van der Waals surface area contributed by atoms with Crippen LogP contribution < -0.4 is 19.6 Å². The molecule has 12 aliphatic rings. The van der Waals surface area contributed by atoms with Gasteiger partial charge in [-0.2, -0.15) is 0 Å². The number of aryl methyl sites for hydroxylation is 8. The summed E-state index contributed by atoms with van der Waals surface area (Å²) in [5.74, 6) is 1.73. The smallest absolute Gasteiger partial charge is 0.0408 e. The lowest BCUT2D eigenvalue weighted by molar-refractivity contribution is -0.00507. The van der Waals surface area contributed by atoms with Crippen molar-refractivity contribution in [1.82, 2.24) is 0 Å². The van der Waals surface area contributed by atoms with E-state index in [2.05, 4.69) is 227 Å². The summed E-state index contributed by atoms with van der Waals surface area (Å²) in [5.41, 5.74) is 25.8. The molecule has 7 atom stereocenters. The second-order valence-electron chi connectivity index (χ2n) is 30.7. The molecule has 79 heavy (non-hydrogen) atoms. The van der Waals surface area contributed by atoms with Crippen LogP contribution in [0.3, 0.4) is 0 Å². The zero-order valence-electron chi connectivity index (χ0n) is 55.1. The number of fused-ring (bicyclic) bond motifs is 12. The van der Waals surface area contributed by atoms with Crippen molar-refractivity contribution < 1.29 is 0 Å². The van der Waals surface area contributed by atoms with Crippen molar-refractivity contribution in [2.75, 3.05) is 19.6 Å². The van der Waals surface area contributed by atoms with Gasteiger partial charge < -0.3 is 19.6 Å².